The SMILES string of the molecule is CCCNc1nnc(CN(C)CC(=O)N(C)C)s1. The summed E-state index contributed by atoms with van der Waals surface area (Å²) in [6, 6.07) is 0. The minimum Gasteiger partial charge on any atom is -0.360 e. The van der Waals surface area contributed by atoms with Gasteiger partial charge in [-0.25, -0.2) is 0 Å². The van der Waals surface area contributed by atoms with E-state index in [1.165, 1.54) is 11.3 Å². The zero-order valence-corrected chi connectivity index (χ0v) is 12.3. The molecule has 18 heavy (non-hydrogen) atoms. The normalized spacial score (nSPS) is 10.7. The van der Waals surface area contributed by atoms with Gasteiger partial charge < -0.3 is 10.2 Å². The lowest BCUT2D eigenvalue weighted by Gasteiger charge is -2.17. The first kappa shape index (κ1) is 14.8. The van der Waals surface area contributed by atoms with Gasteiger partial charge in [-0.15, -0.1) is 10.2 Å². The molecular formula is C11H21N5OS. The number of hydrogen-bond donors (Lipinski definition) is 1. The molecule has 0 aliphatic heterocycles. The molecule has 0 unspecified atom stereocenters. The zero-order chi connectivity index (χ0) is 13.5. The van der Waals surface area contributed by atoms with Crippen LogP contribution in [0.2, 0.25) is 0 Å². The van der Waals surface area contributed by atoms with E-state index in [2.05, 4.69) is 22.4 Å². The lowest BCUT2D eigenvalue weighted by Crippen LogP contribution is -2.34. The molecule has 6 nitrogen and oxygen atoms in total. The highest BCUT2D eigenvalue weighted by atomic mass is 32.1. The summed E-state index contributed by atoms with van der Waals surface area (Å²) in [7, 11) is 5.42. The number of anilines is 1. The number of rotatable bonds is 7. The van der Waals surface area contributed by atoms with Crippen molar-refractivity contribution < 1.29 is 4.79 Å². The molecule has 7 heteroatoms. The fraction of sp³-hybridized carbons (Fsp3) is 0.727. The smallest absolute Gasteiger partial charge is 0.236 e. The highest BCUT2D eigenvalue weighted by Crippen LogP contribution is 2.16. The second-order valence-corrected chi connectivity index (χ2v) is 5.45. The van der Waals surface area contributed by atoms with Crippen molar-refractivity contribution in [3.05, 3.63) is 5.01 Å². The molecular weight excluding hydrogens is 250 g/mol. The molecule has 0 fully saturated rings. The second-order valence-electron chi connectivity index (χ2n) is 4.39. The van der Waals surface area contributed by atoms with Crippen molar-refractivity contribution in [2.45, 2.75) is 19.9 Å². The Morgan fingerprint density at radius 1 is 1.33 bits per heavy atom. The van der Waals surface area contributed by atoms with Gasteiger partial charge in [-0.3, -0.25) is 9.69 Å². The molecule has 0 atom stereocenters. The van der Waals surface area contributed by atoms with Crippen LogP contribution in [-0.4, -0.2) is 60.1 Å². The summed E-state index contributed by atoms with van der Waals surface area (Å²) in [5.74, 6) is 0.0892. The molecule has 1 amide bonds. The molecule has 1 N–H and O–H groups in total. The van der Waals surface area contributed by atoms with Crippen LogP contribution in [0.15, 0.2) is 0 Å². The molecule has 0 saturated carbocycles. The third-order valence-electron chi connectivity index (χ3n) is 2.30. The van der Waals surface area contributed by atoms with E-state index in [0.29, 0.717) is 13.1 Å². The van der Waals surface area contributed by atoms with E-state index in [4.69, 9.17) is 0 Å². The van der Waals surface area contributed by atoms with Gasteiger partial charge in [0, 0.05) is 20.6 Å². The lowest BCUT2D eigenvalue weighted by atomic mass is 10.5. The molecule has 0 saturated heterocycles. The minimum atomic E-state index is 0.0892. The largest absolute Gasteiger partial charge is 0.360 e. The maximum atomic E-state index is 11.5. The molecule has 1 heterocycles. The van der Waals surface area contributed by atoms with Crippen LogP contribution in [-0.2, 0) is 11.3 Å². The summed E-state index contributed by atoms with van der Waals surface area (Å²) in [5, 5.41) is 13.1. The third-order valence-corrected chi connectivity index (χ3v) is 3.17. The second kappa shape index (κ2) is 7.27. The van der Waals surface area contributed by atoms with Gasteiger partial charge in [-0.2, -0.15) is 0 Å². The van der Waals surface area contributed by atoms with E-state index in [9.17, 15) is 4.79 Å². The predicted octanol–water partition coefficient (Wildman–Crippen LogP) is 0.880. The first-order chi connectivity index (χ1) is 8.52. The van der Waals surface area contributed by atoms with Crippen LogP contribution in [0.3, 0.4) is 0 Å². The molecule has 0 spiro atoms. The Hall–Kier alpha value is -1.21. The van der Waals surface area contributed by atoms with Crippen LogP contribution < -0.4 is 5.32 Å². The van der Waals surface area contributed by atoms with Gasteiger partial charge >= 0.3 is 0 Å². The fourth-order valence-electron chi connectivity index (χ4n) is 1.28. The highest BCUT2D eigenvalue weighted by molar-refractivity contribution is 7.15. The summed E-state index contributed by atoms with van der Waals surface area (Å²) < 4.78 is 0. The van der Waals surface area contributed by atoms with E-state index >= 15 is 0 Å². The van der Waals surface area contributed by atoms with Gasteiger partial charge in [-0.05, 0) is 13.5 Å². The molecule has 0 aliphatic rings. The van der Waals surface area contributed by atoms with Crippen LogP contribution in [0.4, 0.5) is 5.13 Å². The van der Waals surface area contributed by atoms with Crippen LogP contribution in [0, 0.1) is 0 Å². The molecule has 0 aromatic carbocycles. The summed E-state index contributed by atoms with van der Waals surface area (Å²) in [6.45, 7) is 4.05. The molecule has 1 rings (SSSR count). The van der Waals surface area contributed by atoms with E-state index in [0.717, 1.165) is 23.1 Å². The number of carbonyl (C=O) groups excluding carboxylic acids is 1. The number of nitrogens with one attached hydrogen (secondary N) is 1. The summed E-state index contributed by atoms with van der Waals surface area (Å²) in [4.78, 5) is 15.1. The Morgan fingerprint density at radius 3 is 2.67 bits per heavy atom. The lowest BCUT2D eigenvalue weighted by molar-refractivity contribution is -0.129. The first-order valence-electron chi connectivity index (χ1n) is 5.98. The number of hydrogen-bond acceptors (Lipinski definition) is 6. The number of nitrogens with zero attached hydrogens (tertiary/aromatic N) is 4. The number of carbonyl (C=O) groups is 1. The van der Waals surface area contributed by atoms with Gasteiger partial charge in [0.25, 0.3) is 0 Å². The molecule has 0 radical (unpaired) electrons. The van der Waals surface area contributed by atoms with Crippen molar-refractivity contribution >= 4 is 22.4 Å². The van der Waals surface area contributed by atoms with E-state index < -0.39 is 0 Å². The zero-order valence-electron chi connectivity index (χ0n) is 11.4. The maximum absolute atomic E-state index is 11.5. The number of amides is 1. The average Bonchev–Trinajstić information content (AvgIpc) is 2.73. The molecule has 0 aliphatic carbocycles. The van der Waals surface area contributed by atoms with Gasteiger partial charge in [0.05, 0.1) is 13.1 Å². The highest BCUT2D eigenvalue weighted by Gasteiger charge is 2.11. The van der Waals surface area contributed by atoms with Gasteiger partial charge in [0.2, 0.25) is 11.0 Å². The van der Waals surface area contributed by atoms with Crippen LogP contribution in [0.5, 0.6) is 0 Å². The molecule has 102 valence electrons. The van der Waals surface area contributed by atoms with E-state index in [-0.39, 0.29) is 5.91 Å². The topological polar surface area (TPSA) is 61.4 Å². The summed E-state index contributed by atoms with van der Waals surface area (Å²) in [5.41, 5.74) is 0. The maximum Gasteiger partial charge on any atom is 0.236 e. The van der Waals surface area contributed by atoms with Gasteiger partial charge in [-0.1, -0.05) is 18.3 Å². The van der Waals surface area contributed by atoms with Crippen molar-refractivity contribution in [2.24, 2.45) is 0 Å². The Kier molecular flexibility index (Phi) is 6.00. The van der Waals surface area contributed by atoms with Crippen molar-refractivity contribution in [3.8, 4) is 0 Å². The van der Waals surface area contributed by atoms with E-state index in [1.54, 1.807) is 19.0 Å². The molecule has 1 aromatic heterocycles. The fourth-order valence-corrected chi connectivity index (χ4v) is 2.13. The van der Waals surface area contributed by atoms with Crippen LogP contribution in [0.25, 0.3) is 0 Å². The third kappa shape index (κ3) is 4.97. The Balaban J connectivity index is 2.41. The first-order valence-corrected chi connectivity index (χ1v) is 6.79. The van der Waals surface area contributed by atoms with Crippen LogP contribution in [0.1, 0.15) is 18.4 Å². The Labute approximate surface area is 112 Å². The number of aromatic nitrogens is 2. The summed E-state index contributed by atoms with van der Waals surface area (Å²) >= 11 is 1.54. The number of likely N-dealkylation sites (N-methyl/N-ethyl adjacent to an activating group) is 2. The standard InChI is InChI=1S/C11H21N5OS/c1-5-6-12-11-14-13-9(18-11)7-16(4)8-10(17)15(2)3/h5-8H2,1-4H3,(H,12,14). The minimum absolute atomic E-state index is 0.0892. The van der Waals surface area contributed by atoms with Crippen LogP contribution >= 0.6 is 11.3 Å². The van der Waals surface area contributed by atoms with Crippen molar-refractivity contribution in [1.29, 1.82) is 0 Å². The quantitative estimate of drug-likeness (QED) is 0.797. The predicted molar refractivity (Wildman–Crippen MR) is 73.7 cm³/mol. The molecule has 0 bridgehead atoms. The Bertz CT molecular complexity index is 379. The Morgan fingerprint density at radius 2 is 2.06 bits per heavy atom. The van der Waals surface area contributed by atoms with Gasteiger partial charge in [0.15, 0.2) is 0 Å². The monoisotopic (exact) mass is 271 g/mol. The van der Waals surface area contributed by atoms with Crippen molar-refractivity contribution in [2.75, 3.05) is 39.5 Å². The summed E-state index contributed by atoms with van der Waals surface area (Å²) in [6.07, 6.45) is 1.06. The average molecular weight is 271 g/mol. The van der Waals surface area contributed by atoms with E-state index in [1.807, 2.05) is 11.9 Å². The van der Waals surface area contributed by atoms with Gasteiger partial charge in [0.1, 0.15) is 5.01 Å². The molecule has 1 aromatic rings. The van der Waals surface area contributed by atoms with Crippen molar-refractivity contribution in [1.82, 2.24) is 20.0 Å². The van der Waals surface area contributed by atoms with Crippen molar-refractivity contribution in [3.63, 3.8) is 0 Å².